The third-order valence-corrected chi connectivity index (χ3v) is 4.03. The number of fused-ring (bicyclic) bond motifs is 1. The van der Waals surface area contributed by atoms with Gasteiger partial charge in [0.2, 0.25) is 5.91 Å². The van der Waals surface area contributed by atoms with Gasteiger partial charge in [0.25, 0.3) is 0 Å². The Balaban J connectivity index is 1.81. The first-order valence-corrected chi connectivity index (χ1v) is 7.22. The van der Waals surface area contributed by atoms with E-state index < -0.39 is 0 Å². The standard InChI is InChI=1S/C15H18N4O/c16-8-11-7-10-3-1-2-4-13(10)19-15(11)18-12-5-6-14(20)17-9-12/h7,12H,1-6,9H2,(H,17,20)(H,18,19). The summed E-state index contributed by atoms with van der Waals surface area (Å²) in [7, 11) is 0. The topological polar surface area (TPSA) is 77.8 Å². The van der Waals surface area contributed by atoms with E-state index in [1.165, 1.54) is 18.4 Å². The van der Waals surface area contributed by atoms with Crippen molar-refractivity contribution in [1.82, 2.24) is 10.3 Å². The maximum Gasteiger partial charge on any atom is 0.220 e. The van der Waals surface area contributed by atoms with Crippen molar-refractivity contribution in [3.05, 3.63) is 22.9 Å². The van der Waals surface area contributed by atoms with Gasteiger partial charge in [-0.2, -0.15) is 5.26 Å². The van der Waals surface area contributed by atoms with E-state index in [-0.39, 0.29) is 11.9 Å². The van der Waals surface area contributed by atoms with E-state index in [4.69, 9.17) is 0 Å². The van der Waals surface area contributed by atoms with Crippen LogP contribution in [0.15, 0.2) is 6.07 Å². The molecule has 1 unspecified atom stereocenters. The number of nitrogens with zero attached hydrogens (tertiary/aromatic N) is 2. The number of amides is 1. The second-order valence-electron chi connectivity index (χ2n) is 5.49. The van der Waals surface area contributed by atoms with Crippen molar-refractivity contribution in [2.75, 3.05) is 11.9 Å². The van der Waals surface area contributed by atoms with Crippen molar-refractivity contribution < 1.29 is 4.79 Å². The molecule has 2 N–H and O–H groups in total. The summed E-state index contributed by atoms with van der Waals surface area (Å²) < 4.78 is 0. The minimum Gasteiger partial charge on any atom is -0.364 e. The highest BCUT2D eigenvalue weighted by atomic mass is 16.1. The lowest BCUT2D eigenvalue weighted by atomic mass is 9.95. The molecular formula is C15H18N4O. The Hall–Kier alpha value is -2.09. The number of hydrogen-bond donors (Lipinski definition) is 2. The van der Waals surface area contributed by atoms with Crippen LogP contribution in [0.5, 0.6) is 0 Å². The highest BCUT2D eigenvalue weighted by Crippen LogP contribution is 2.25. The second kappa shape index (κ2) is 5.49. The minimum absolute atomic E-state index is 0.0990. The normalized spacial score (nSPS) is 21.6. The van der Waals surface area contributed by atoms with Crippen LogP contribution in [-0.4, -0.2) is 23.5 Å². The molecule has 0 radical (unpaired) electrons. The van der Waals surface area contributed by atoms with Crippen LogP contribution in [-0.2, 0) is 17.6 Å². The first-order chi connectivity index (χ1) is 9.76. The molecule has 1 aromatic rings. The molecule has 1 saturated heterocycles. The number of carbonyl (C=O) groups excluding carboxylic acids is 1. The Kier molecular flexibility index (Phi) is 3.55. The van der Waals surface area contributed by atoms with Gasteiger partial charge in [0.15, 0.2) is 0 Å². The maximum atomic E-state index is 11.2. The molecule has 1 aliphatic carbocycles. The van der Waals surface area contributed by atoms with Crippen LogP contribution in [0.4, 0.5) is 5.82 Å². The van der Waals surface area contributed by atoms with E-state index in [0.29, 0.717) is 24.3 Å². The predicted molar refractivity (Wildman–Crippen MR) is 75.2 cm³/mol. The second-order valence-corrected chi connectivity index (χ2v) is 5.49. The number of rotatable bonds is 2. The van der Waals surface area contributed by atoms with E-state index >= 15 is 0 Å². The minimum atomic E-state index is 0.0990. The maximum absolute atomic E-state index is 11.2. The molecule has 1 amide bonds. The van der Waals surface area contributed by atoms with E-state index in [2.05, 4.69) is 21.7 Å². The number of pyridine rings is 1. The lowest BCUT2D eigenvalue weighted by Crippen LogP contribution is -2.42. The van der Waals surface area contributed by atoms with E-state index in [1.807, 2.05) is 6.07 Å². The average molecular weight is 270 g/mol. The molecule has 0 spiro atoms. The lowest BCUT2D eigenvalue weighted by molar-refractivity contribution is -0.122. The molecule has 1 atom stereocenters. The molecule has 0 aromatic carbocycles. The lowest BCUT2D eigenvalue weighted by Gasteiger charge is -2.25. The van der Waals surface area contributed by atoms with Crippen LogP contribution in [0.1, 0.15) is 42.5 Å². The zero-order chi connectivity index (χ0) is 13.9. The van der Waals surface area contributed by atoms with Gasteiger partial charge in [0.05, 0.1) is 5.56 Å². The van der Waals surface area contributed by atoms with Crippen LogP contribution >= 0.6 is 0 Å². The summed E-state index contributed by atoms with van der Waals surface area (Å²) >= 11 is 0. The molecule has 1 aliphatic heterocycles. The van der Waals surface area contributed by atoms with Gasteiger partial charge < -0.3 is 10.6 Å². The summed E-state index contributed by atoms with van der Waals surface area (Å²) in [5.74, 6) is 0.774. The van der Waals surface area contributed by atoms with Crippen molar-refractivity contribution in [2.45, 2.75) is 44.6 Å². The van der Waals surface area contributed by atoms with Crippen molar-refractivity contribution in [3.8, 4) is 6.07 Å². The Labute approximate surface area is 118 Å². The fraction of sp³-hybridized carbons (Fsp3) is 0.533. The van der Waals surface area contributed by atoms with Crippen LogP contribution < -0.4 is 10.6 Å². The predicted octanol–water partition coefficient (Wildman–Crippen LogP) is 1.52. The number of aryl methyl sites for hydroxylation is 2. The SMILES string of the molecule is N#Cc1cc2c(nc1NC1CCC(=O)NC1)CCCC2. The molecule has 0 bridgehead atoms. The van der Waals surface area contributed by atoms with Crippen LogP contribution in [0.3, 0.4) is 0 Å². The fourth-order valence-corrected chi connectivity index (χ4v) is 2.88. The summed E-state index contributed by atoms with van der Waals surface area (Å²) in [6, 6.07) is 4.37. The third kappa shape index (κ3) is 2.60. The molecular weight excluding hydrogens is 252 g/mol. The van der Waals surface area contributed by atoms with Gasteiger partial charge >= 0.3 is 0 Å². The summed E-state index contributed by atoms with van der Waals surface area (Å²) in [6.07, 6.45) is 5.69. The molecule has 0 saturated carbocycles. The van der Waals surface area contributed by atoms with Crippen LogP contribution in [0.25, 0.3) is 0 Å². The molecule has 3 rings (SSSR count). The van der Waals surface area contributed by atoms with Crippen molar-refractivity contribution in [1.29, 1.82) is 5.26 Å². The van der Waals surface area contributed by atoms with Gasteiger partial charge in [0, 0.05) is 24.7 Å². The molecule has 5 nitrogen and oxygen atoms in total. The zero-order valence-electron chi connectivity index (χ0n) is 11.4. The number of anilines is 1. The number of hydrogen-bond acceptors (Lipinski definition) is 4. The highest BCUT2D eigenvalue weighted by molar-refractivity contribution is 5.77. The summed E-state index contributed by atoms with van der Waals surface area (Å²) in [4.78, 5) is 15.8. The first kappa shape index (κ1) is 12.9. The van der Waals surface area contributed by atoms with Gasteiger partial charge in [-0.1, -0.05) is 0 Å². The number of carbonyl (C=O) groups is 1. The zero-order valence-corrected chi connectivity index (χ0v) is 11.4. The monoisotopic (exact) mass is 270 g/mol. The van der Waals surface area contributed by atoms with Crippen molar-refractivity contribution >= 4 is 11.7 Å². The number of nitrogens with one attached hydrogen (secondary N) is 2. The first-order valence-electron chi connectivity index (χ1n) is 7.22. The Morgan fingerprint density at radius 3 is 2.95 bits per heavy atom. The van der Waals surface area contributed by atoms with Crippen molar-refractivity contribution in [3.63, 3.8) is 0 Å². The molecule has 5 heteroatoms. The van der Waals surface area contributed by atoms with Gasteiger partial charge in [0.1, 0.15) is 11.9 Å². The summed E-state index contributed by atoms with van der Waals surface area (Å²) in [5, 5.41) is 15.5. The largest absolute Gasteiger partial charge is 0.364 e. The molecule has 1 aromatic heterocycles. The van der Waals surface area contributed by atoms with E-state index in [0.717, 1.165) is 25.0 Å². The molecule has 104 valence electrons. The number of piperidine rings is 1. The molecule has 2 aliphatic rings. The van der Waals surface area contributed by atoms with Crippen LogP contribution in [0, 0.1) is 11.3 Å². The van der Waals surface area contributed by atoms with E-state index in [1.54, 1.807) is 0 Å². The number of aromatic nitrogens is 1. The molecule has 20 heavy (non-hydrogen) atoms. The van der Waals surface area contributed by atoms with Crippen molar-refractivity contribution in [2.24, 2.45) is 0 Å². The fourth-order valence-electron chi connectivity index (χ4n) is 2.88. The Bertz CT molecular complexity index is 566. The van der Waals surface area contributed by atoms with Gasteiger partial charge in [-0.05, 0) is 43.7 Å². The smallest absolute Gasteiger partial charge is 0.220 e. The highest BCUT2D eigenvalue weighted by Gasteiger charge is 2.21. The summed E-state index contributed by atoms with van der Waals surface area (Å²) in [5.41, 5.74) is 2.95. The number of nitriles is 1. The average Bonchev–Trinajstić information content (AvgIpc) is 2.49. The van der Waals surface area contributed by atoms with Crippen LogP contribution in [0.2, 0.25) is 0 Å². The Morgan fingerprint density at radius 2 is 2.20 bits per heavy atom. The van der Waals surface area contributed by atoms with E-state index in [9.17, 15) is 10.1 Å². The quantitative estimate of drug-likeness (QED) is 0.854. The van der Waals surface area contributed by atoms with Gasteiger partial charge in [-0.3, -0.25) is 4.79 Å². The van der Waals surface area contributed by atoms with Gasteiger partial charge in [-0.25, -0.2) is 4.98 Å². The Morgan fingerprint density at radius 1 is 1.35 bits per heavy atom. The summed E-state index contributed by atoms with van der Waals surface area (Å²) in [6.45, 7) is 0.600. The molecule has 2 heterocycles. The van der Waals surface area contributed by atoms with Gasteiger partial charge in [-0.15, -0.1) is 0 Å². The third-order valence-electron chi connectivity index (χ3n) is 4.03. The molecule has 1 fully saturated rings.